The number of nitrogens with one attached hydrogen (secondary N) is 1. The normalized spacial score (nSPS) is 9.47. The number of nitrogen functional groups attached to an aromatic ring is 1. The van der Waals surface area contributed by atoms with Gasteiger partial charge in [-0.25, -0.2) is 0 Å². The predicted molar refractivity (Wildman–Crippen MR) is 87.9 cm³/mol. The Balaban J connectivity index is 0.000000861. The van der Waals surface area contributed by atoms with Crippen molar-refractivity contribution in [1.29, 1.82) is 0 Å². The Bertz CT molecular complexity index is 512. The number of benzene rings is 2. The van der Waals surface area contributed by atoms with E-state index in [1.54, 1.807) is 0 Å². The van der Waals surface area contributed by atoms with Crippen molar-refractivity contribution >= 4 is 34.9 Å². The lowest BCUT2D eigenvalue weighted by molar-refractivity contribution is 1.38. The van der Waals surface area contributed by atoms with Gasteiger partial charge in [-0.1, -0.05) is 31.5 Å². The summed E-state index contributed by atoms with van der Waals surface area (Å²) in [5, 5.41) is 0.786. The van der Waals surface area contributed by atoms with Crippen molar-refractivity contribution < 1.29 is 0 Å². The Morgan fingerprint density at radius 3 is 2.26 bits per heavy atom. The van der Waals surface area contributed by atoms with Gasteiger partial charge in [0.25, 0.3) is 0 Å². The molecule has 2 aromatic rings. The van der Waals surface area contributed by atoms with Crippen molar-refractivity contribution in [1.82, 2.24) is 0 Å². The monoisotopic (exact) mass is 294 g/mol. The van der Waals surface area contributed by atoms with Gasteiger partial charge in [-0.2, -0.15) is 0 Å². The van der Waals surface area contributed by atoms with Crippen LogP contribution in [0.5, 0.6) is 0 Å². The molecule has 0 aromatic heterocycles. The van der Waals surface area contributed by atoms with Crippen LogP contribution in [0.3, 0.4) is 0 Å². The molecule has 0 aliphatic heterocycles. The van der Waals surface area contributed by atoms with Gasteiger partial charge in [-0.3, -0.25) is 0 Å². The van der Waals surface area contributed by atoms with Gasteiger partial charge in [0.05, 0.1) is 0 Å². The van der Waals surface area contributed by atoms with E-state index in [9.17, 15) is 0 Å². The largest absolute Gasteiger partial charge is 0.399 e. The second kappa shape index (κ2) is 7.97. The molecule has 102 valence electrons. The lowest BCUT2D eigenvalue weighted by atomic mass is 10.2. The van der Waals surface area contributed by atoms with Crippen molar-refractivity contribution in [3.8, 4) is 0 Å². The van der Waals surface area contributed by atoms with E-state index in [0.717, 1.165) is 26.9 Å². The van der Waals surface area contributed by atoms with Crippen LogP contribution >= 0.6 is 23.5 Å². The molecule has 0 amide bonds. The van der Waals surface area contributed by atoms with Crippen molar-refractivity contribution in [2.45, 2.75) is 25.7 Å². The van der Waals surface area contributed by atoms with Crippen LogP contribution in [0.15, 0.2) is 47.4 Å². The topological polar surface area (TPSA) is 38.0 Å². The van der Waals surface area contributed by atoms with Crippen LogP contribution in [0.1, 0.15) is 19.4 Å². The van der Waals surface area contributed by atoms with Gasteiger partial charge in [0, 0.05) is 21.3 Å². The van der Waals surface area contributed by atoms with Crippen LogP contribution in [0.2, 0.25) is 5.02 Å². The van der Waals surface area contributed by atoms with Crippen LogP contribution in [0, 0.1) is 6.92 Å². The summed E-state index contributed by atoms with van der Waals surface area (Å²) in [6.07, 6.45) is 0. The first-order valence-electron chi connectivity index (χ1n) is 6.20. The maximum Gasteiger partial charge on any atom is 0.0446 e. The second-order valence-corrected chi connectivity index (χ2v) is 5.02. The van der Waals surface area contributed by atoms with E-state index in [4.69, 9.17) is 17.3 Å². The van der Waals surface area contributed by atoms with Crippen molar-refractivity contribution in [2.75, 3.05) is 10.5 Å². The molecule has 0 spiro atoms. The third-order valence-corrected chi connectivity index (χ3v) is 3.58. The fraction of sp³-hybridized carbons (Fsp3) is 0.200. The molecule has 0 bridgehead atoms. The molecule has 4 heteroatoms. The molecule has 2 aromatic carbocycles. The highest BCUT2D eigenvalue weighted by Crippen LogP contribution is 2.26. The van der Waals surface area contributed by atoms with Gasteiger partial charge in [-0.05, 0) is 60.8 Å². The highest BCUT2D eigenvalue weighted by Gasteiger charge is 1.99. The van der Waals surface area contributed by atoms with E-state index in [1.807, 2.05) is 63.2 Å². The Hall–Kier alpha value is -1.32. The van der Waals surface area contributed by atoms with Crippen LogP contribution in [-0.4, -0.2) is 0 Å². The second-order valence-electron chi connectivity index (χ2n) is 3.74. The summed E-state index contributed by atoms with van der Waals surface area (Å²) in [7, 11) is 0. The van der Waals surface area contributed by atoms with Crippen molar-refractivity contribution in [3.63, 3.8) is 0 Å². The summed E-state index contributed by atoms with van der Waals surface area (Å²) in [5.41, 5.74) is 8.48. The Morgan fingerprint density at radius 2 is 1.68 bits per heavy atom. The van der Waals surface area contributed by atoms with Gasteiger partial charge in [-0.15, -0.1) is 0 Å². The van der Waals surface area contributed by atoms with Gasteiger partial charge < -0.3 is 10.5 Å². The fourth-order valence-electron chi connectivity index (χ4n) is 1.31. The summed E-state index contributed by atoms with van der Waals surface area (Å²) in [6, 6.07) is 13.6. The lowest BCUT2D eigenvalue weighted by Crippen LogP contribution is -1.88. The van der Waals surface area contributed by atoms with E-state index < -0.39 is 0 Å². The molecule has 0 radical (unpaired) electrons. The van der Waals surface area contributed by atoms with Crippen molar-refractivity contribution in [2.24, 2.45) is 0 Å². The summed E-state index contributed by atoms with van der Waals surface area (Å²) in [6.45, 7) is 5.99. The smallest absolute Gasteiger partial charge is 0.0446 e. The number of hydrogen-bond acceptors (Lipinski definition) is 3. The molecule has 0 saturated carbocycles. The summed E-state index contributed by atoms with van der Waals surface area (Å²) in [4.78, 5) is 1.08. The zero-order valence-corrected chi connectivity index (χ0v) is 13.0. The average molecular weight is 295 g/mol. The highest BCUT2D eigenvalue weighted by molar-refractivity contribution is 8.00. The molecule has 0 heterocycles. The Morgan fingerprint density at radius 1 is 1.05 bits per heavy atom. The third kappa shape index (κ3) is 5.05. The molecule has 3 N–H and O–H groups in total. The summed E-state index contributed by atoms with van der Waals surface area (Å²) < 4.78 is 3.24. The zero-order chi connectivity index (χ0) is 14.3. The Kier molecular flexibility index (Phi) is 6.60. The van der Waals surface area contributed by atoms with Crippen LogP contribution in [-0.2, 0) is 0 Å². The maximum absolute atomic E-state index is 6.06. The summed E-state index contributed by atoms with van der Waals surface area (Å²) in [5.74, 6) is 0. The van der Waals surface area contributed by atoms with E-state index in [-0.39, 0.29) is 0 Å². The molecule has 2 rings (SSSR count). The average Bonchev–Trinajstić information content (AvgIpc) is 2.44. The minimum absolute atomic E-state index is 0.763. The molecule has 19 heavy (non-hydrogen) atoms. The molecule has 0 aliphatic rings. The number of nitrogens with two attached hydrogens (primary N) is 1. The molecule has 2 nitrogen and oxygen atoms in total. The minimum Gasteiger partial charge on any atom is -0.399 e. The number of halogens is 1. The first-order valence-corrected chi connectivity index (χ1v) is 7.39. The number of hydrogen-bond donors (Lipinski definition) is 2. The molecule has 0 saturated heterocycles. The number of aryl methyl sites for hydroxylation is 1. The number of rotatable bonds is 3. The molecular weight excluding hydrogens is 276 g/mol. The minimum atomic E-state index is 0.763. The van der Waals surface area contributed by atoms with Crippen LogP contribution in [0.4, 0.5) is 11.4 Å². The summed E-state index contributed by atoms with van der Waals surface area (Å²) >= 11 is 7.59. The molecular formula is C15H19ClN2S. The maximum atomic E-state index is 6.06. The van der Waals surface area contributed by atoms with Gasteiger partial charge in [0.1, 0.15) is 0 Å². The van der Waals surface area contributed by atoms with E-state index in [1.165, 1.54) is 11.9 Å². The van der Waals surface area contributed by atoms with Crippen molar-refractivity contribution in [3.05, 3.63) is 53.1 Å². The standard InChI is InChI=1S/C13H13ClN2S.C2H6/c1-9-2-7-12(8-13(9)14)17-16-11-5-3-10(15)4-6-11;1-2/h2-8,16H,15H2,1H3;1-2H3. The Labute approximate surface area is 124 Å². The SMILES string of the molecule is CC.Cc1ccc(SNc2ccc(N)cc2)cc1Cl. The number of anilines is 2. The first-order chi connectivity index (χ1) is 9.15. The van der Waals surface area contributed by atoms with Crippen LogP contribution in [0.25, 0.3) is 0 Å². The predicted octanol–water partition coefficient (Wildman–Crippen LogP) is 5.38. The van der Waals surface area contributed by atoms with Crippen LogP contribution < -0.4 is 10.5 Å². The molecule has 0 aliphatic carbocycles. The van der Waals surface area contributed by atoms with E-state index in [2.05, 4.69) is 4.72 Å². The quantitative estimate of drug-likeness (QED) is 0.590. The van der Waals surface area contributed by atoms with Gasteiger partial charge in [0.15, 0.2) is 0 Å². The first kappa shape index (κ1) is 15.7. The van der Waals surface area contributed by atoms with E-state index >= 15 is 0 Å². The van der Waals surface area contributed by atoms with Gasteiger partial charge >= 0.3 is 0 Å². The molecule has 0 fully saturated rings. The highest BCUT2D eigenvalue weighted by atomic mass is 35.5. The zero-order valence-electron chi connectivity index (χ0n) is 11.4. The molecule has 0 unspecified atom stereocenters. The van der Waals surface area contributed by atoms with Gasteiger partial charge in [0.2, 0.25) is 0 Å². The van der Waals surface area contributed by atoms with E-state index in [0.29, 0.717) is 0 Å². The fourth-order valence-corrected chi connectivity index (χ4v) is 2.24. The third-order valence-electron chi connectivity index (χ3n) is 2.34. The lowest BCUT2D eigenvalue weighted by Gasteiger charge is -2.06. The molecule has 0 atom stereocenters.